The number of benzene rings is 2. The third-order valence-corrected chi connectivity index (χ3v) is 4.34. The molecule has 1 amide bonds. The van der Waals surface area contributed by atoms with Gasteiger partial charge < -0.3 is 4.74 Å². The van der Waals surface area contributed by atoms with Crippen LogP contribution in [0.3, 0.4) is 0 Å². The van der Waals surface area contributed by atoms with Gasteiger partial charge in [-0.3, -0.25) is 4.79 Å². The van der Waals surface area contributed by atoms with Crippen LogP contribution in [0.2, 0.25) is 0 Å². The Bertz CT molecular complexity index is 776. The fraction of sp³-hybridized carbons (Fsp3) is 0.300. The zero-order chi connectivity index (χ0) is 18.4. The van der Waals surface area contributed by atoms with Crippen molar-refractivity contribution in [2.24, 2.45) is 5.10 Å². The second-order valence-corrected chi connectivity index (χ2v) is 6.14. The van der Waals surface area contributed by atoms with Gasteiger partial charge >= 0.3 is 0 Å². The van der Waals surface area contributed by atoms with Crippen LogP contribution in [0.5, 0.6) is 5.75 Å². The molecule has 0 radical (unpaired) electrons. The Hall–Kier alpha value is -2.70. The minimum atomic E-state index is -0.359. The topological polar surface area (TPSA) is 74.8 Å². The molecule has 136 valence electrons. The molecule has 1 heterocycles. The van der Waals surface area contributed by atoms with Crippen molar-refractivity contribution in [3.63, 3.8) is 0 Å². The maximum atomic E-state index is 12.4. The number of carbonyl (C=O) groups is 1. The number of hydrogen-bond donors (Lipinski definition) is 3. The smallest absolute Gasteiger partial charge is 0.258 e. The Balaban J connectivity index is 1.61. The van der Waals surface area contributed by atoms with E-state index >= 15 is 0 Å². The summed E-state index contributed by atoms with van der Waals surface area (Å²) in [6.45, 7) is 4.44. The van der Waals surface area contributed by atoms with Crippen molar-refractivity contribution in [1.29, 1.82) is 0 Å². The van der Waals surface area contributed by atoms with Gasteiger partial charge in [0.25, 0.3) is 5.91 Å². The summed E-state index contributed by atoms with van der Waals surface area (Å²) in [5, 5.41) is 4.21. The number of para-hydroxylation sites is 1. The van der Waals surface area contributed by atoms with E-state index in [0.29, 0.717) is 13.0 Å². The van der Waals surface area contributed by atoms with Gasteiger partial charge in [0.05, 0.1) is 18.4 Å². The lowest BCUT2D eigenvalue weighted by Crippen LogP contribution is -2.41. The first kappa shape index (κ1) is 18.1. The van der Waals surface area contributed by atoms with Gasteiger partial charge in [0, 0.05) is 5.56 Å². The van der Waals surface area contributed by atoms with Crippen molar-refractivity contribution < 1.29 is 9.53 Å². The third-order valence-electron chi connectivity index (χ3n) is 4.34. The van der Waals surface area contributed by atoms with Crippen LogP contribution in [-0.4, -0.2) is 24.3 Å². The standard InChI is InChI=1S/C20H24N4O2/c1-3-26-19-12-8-7-11-16(19)17-13-18(23-22-17)20(25)24-21-14(2)15-9-5-4-6-10-15/h4-12,17-18,22-23H,3,13H2,1-2H3,(H,24,25)/b21-14-. The fourth-order valence-corrected chi connectivity index (χ4v) is 2.95. The first-order chi connectivity index (χ1) is 12.7. The predicted molar refractivity (Wildman–Crippen MR) is 102 cm³/mol. The number of hydrogen-bond acceptors (Lipinski definition) is 5. The summed E-state index contributed by atoms with van der Waals surface area (Å²) in [6, 6.07) is 17.3. The normalized spacial score (nSPS) is 20.0. The summed E-state index contributed by atoms with van der Waals surface area (Å²) >= 11 is 0. The summed E-state index contributed by atoms with van der Waals surface area (Å²) in [4.78, 5) is 12.4. The quantitative estimate of drug-likeness (QED) is 0.552. The van der Waals surface area contributed by atoms with Gasteiger partial charge in [-0.15, -0.1) is 0 Å². The minimum Gasteiger partial charge on any atom is -0.494 e. The molecule has 0 aromatic heterocycles. The molecule has 2 atom stereocenters. The molecule has 1 aliphatic rings. The Morgan fingerprint density at radius 3 is 2.65 bits per heavy atom. The summed E-state index contributed by atoms with van der Waals surface area (Å²) in [6.07, 6.45) is 0.621. The SMILES string of the molecule is CCOc1ccccc1C1CC(C(=O)N/N=C(/C)c2ccccc2)NN1. The predicted octanol–water partition coefficient (Wildman–Crippen LogP) is 2.53. The van der Waals surface area contributed by atoms with Crippen molar-refractivity contribution in [2.75, 3.05) is 6.61 Å². The number of ether oxygens (including phenoxy) is 1. The van der Waals surface area contributed by atoms with Crippen molar-refractivity contribution in [3.05, 3.63) is 65.7 Å². The van der Waals surface area contributed by atoms with Crippen molar-refractivity contribution >= 4 is 11.6 Å². The number of nitrogens with zero attached hydrogens (tertiary/aromatic N) is 1. The lowest BCUT2D eigenvalue weighted by Gasteiger charge is -2.15. The van der Waals surface area contributed by atoms with E-state index in [-0.39, 0.29) is 18.0 Å². The van der Waals surface area contributed by atoms with E-state index in [2.05, 4.69) is 21.4 Å². The molecule has 3 N–H and O–H groups in total. The van der Waals surface area contributed by atoms with Crippen LogP contribution in [0, 0.1) is 0 Å². The van der Waals surface area contributed by atoms with Gasteiger partial charge in [0.2, 0.25) is 0 Å². The summed E-state index contributed by atoms with van der Waals surface area (Å²) in [5.41, 5.74) is 11.7. The maximum absolute atomic E-state index is 12.4. The van der Waals surface area contributed by atoms with E-state index in [0.717, 1.165) is 22.6 Å². The molecular weight excluding hydrogens is 328 g/mol. The van der Waals surface area contributed by atoms with E-state index in [1.807, 2.05) is 68.4 Å². The molecule has 6 nitrogen and oxygen atoms in total. The fourth-order valence-electron chi connectivity index (χ4n) is 2.95. The van der Waals surface area contributed by atoms with Crippen LogP contribution in [-0.2, 0) is 4.79 Å². The molecule has 0 spiro atoms. The van der Waals surface area contributed by atoms with Gasteiger partial charge in [0.1, 0.15) is 11.8 Å². The van der Waals surface area contributed by atoms with Gasteiger partial charge in [-0.2, -0.15) is 5.10 Å². The van der Waals surface area contributed by atoms with E-state index in [1.165, 1.54) is 0 Å². The molecule has 0 saturated carbocycles. The van der Waals surface area contributed by atoms with Crippen molar-refractivity contribution in [1.82, 2.24) is 16.3 Å². The summed E-state index contributed by atoms with van der Waals surface area (Å²) < 4.78 is 5.68. The van der Waals surface area contributed by atoms with E-state index < -0.39 is 0 Å². The molecule has 6 heteroatoms. The monoisotopic (exact) mass is 352 g/mol. The van der Waals surface area contributed by atoms with Crippen LogP contribution in [0.15, 0.2) is 59.7 Å². The highest BCUT2D eigenvalue weighted by Gasteiger charge is 2.31. The Kier molecular flexibility index (Phi) is 5.99. The number of hydrazone groups is 1. The number of carbonyl (C=O) groups excluding carboxylic acids is 1. The number of amides is 1. The Labute approximate surface area is 153 Å². The van der Waals surface area contributed by atoms with Gasteiger partial charge in [0.15, 0.2) is 0 Å². The van der Waals surface area contributed by atoms with E-state index in [9.17, 15) is 4.79 Å². The average molecular weight is 352 g/mol. The first-order valence-corrected chi connectivity index (χ1v) is 8.81. The Morgan fingerprint density at radius 1 is 1.15 bits per heavy atom. The molecule has 1 aliphatic heterocycles. The zero-order valence-corrected chi connectivity index (χ0v) is 15.0. The number of rotatable bonds is 6. The molecule has 0 aliphatic carbocycles. The molecule has 1 fully saturated rings. The van der Waals surface area contributed by atoms with Gasteiger partial charge in [-0.05, 0) is 31.9 Å². The number of nitrogens with one attached hydrogen (secondary N) is 3. The largest absolute Gasteiger partial charge is 0.494 e. The summed E-state index contributed by atoms with van der Waals surface area (Å²) in [5.74, 6) is 0.678. The van der Waals surface area contributed by atoms with Crippen LogP contribution >= 0.6 is 0 Å². The second-order valence-electron chi connectivity index (χ2n) is 6.14. The molecule has 2 aromatic rings. The van der Waals surface area contributed by atoms with Crippen LogP contribution in [0.4, 0.5) is 0 Å². The highest BCUT2D eigenvalue weighted by atomic mass is 16.5. The lowest BCUT2D eigenvalue weighted by molar-refractivity contribution is -0.122. The molecule has 3 rings (SSSR count). The average Bonchev–Trinajstić information content (AvgIpc) is 3.17. The molecule has 1 saturated heterocycles. The second kappa shape index (κ2) is 8.60. The minimum absolute atomic E-state index is 0.00713. The molecule has 26 heavy (non-hydrogen) atoms. The Morgan fingerprint density at radius 2 is 1.88 bits per heavy atom. The highest BCUT2D eigenvalue weighted by Crippen LogP contribution is 2.30. The van der Waals surface area contributed by atoms with Crippen molar-refractivity contribution in [3.8, 4) is 5.75 Å². The van der Waals surface area contributed by atoms with Gasteiger partial charge in [-0.25, -0.2) is 16.3 Å². The number of hydrazine groups is 1. The van der Waals surface area contributed by atoms with E-state index in [4.69, 9.17) is 4.74 Å². The highest BCUT2D eigenvalue weighted by molar-refractivity contribution is 5.99. The van der Waals surface area contributed by atoms with E-state index in [1.54, 1.807) is 0 Å². The third kappa shape index (κ3) is 4.28. The molecule has 2 unspecified atom stereocenters. The van der Waals surface area contributed by atoms with Crippen LogP contribution < -0.4 is 21.0 Å². The van der Waals surface area contributed by atoms with Gasteiger partial charge in [-0.1, -0.05) is 48.5 Å². The summed E-state index contributed by atoms with van der Waals surface area (Å²) in [7, 11) is 0. The van der Waals surface area contributed by atoms with Crippen LogP contribution in [0.1, 0.15) is 37.4 Å². The zero-order valence-electron chi connectivity index (χ0n) is 15.0. The first-order valence-electron chi connectivity index (χ1n) is 8.81. The maximum Gasteiger partial charge on any atom is 0.258 e. The lowest BCUT2D eigenvalue weighted by atomic mass is 10.0. The van der Waals surface area contributed by atoms with Crippen molar-refractivity contribution in [2.45, 2.75) is 32.4 Å². The molecule has 2 aromatic carbocycles. The molecule has 0 bridgehead atoms. The van der Waals surface area contributed by atoms with Crippen LogP contribution in [0.25, 0.3) is 0 Å². The molecular formula is C20H24N4O2.